The smallest absolute Gasteiger partial charge is 0.220 e. The zero-order valence-corrected chi connectivity index (χ0v) is 9.99. The van der Waals surface area contributed by atoms with Gasteiger partial charge in [-0.25, -0.2) is 0 Å². The van der Waals surface area contributed by atoms with Gasteiger partial charge in [0.1, 0.15) is 0 Å². The minimum Gasteiger partial charge on any atom is -0.352 e. The van der Waals surface area contributed by atoms with Gasteiger partial charge in [0.05, 0.1) is 0 Å². The number of nitrogens with two attached hydrogens (primary N) is 1. The molecule has 88 valence electrons. The number of hydrogen-bond donors (Lipinski definition) is 2. The van der Waals surface area contributed by atoms with Gasteiger partial charge in [-0.05, 0) is 25.9 Å². The Morgan fingerprint density at radius 1 is 1.60 bits per heavy atom. The molecule has 1 saturated heterocycles. The molecule has 0 bridgehead atoms. The van der Waals surface area contributed by atoms with Crippen molar-refractivity contribution in [2.45, 2.75) is 38.8 Å². The molecule has 4 nitrogen and oxygen atoms in total. The molecule has 3 N–H and O–H groups in total. The van der Waals surface area contributed by atoms with Crippen LogP contribution in [0.25, 0.3) is 0 Å². The summed E-state index contributed by atoms with van der Waals surface area (Å²) in [7, 11) is 2.06. The summed E-state index contributed by atoms with van der Waals surface area (Å²) < 4.78 is 0. The van der Waals surface area contributed by atoms with E-state index in [0.29, 0.717) is 12.3 Å². The van der Waals surface area contributed by atoms with E-state index in [9.17, 15) is 4.79 Å². The van der Waals surface area contributed by atoms with Crippen molar-refractivity contribution in [2.75, 3.05) is 20.1 Å². The predicted molar refractivity (Wildman–Crippen MR) is 61.5 cm³/mol. The first-order valence-electron chi connectivity index (χ1n) is 5.72. The van der Waals surface area contributed by atoms with E-state index >= 15 is 0 Å². The Labute approximate surface area is 92.2 Å². The lowest BCUT2D eigenvalue weighted by Gasteiger charge is -2.35. The van der Waals surface area contributed by atoms with Crippen LogP contribution in [0, 0.1) is 5.92 Å². The maximum absolute atomic E-state index is 11.6. The Morgan fingerprint density at radius 2 is 2.27 bits per heavy atom. The van der Waals surface area contributed by atoms with Crippen molar-refractivity contribution >= 4 is 5.91 Å². The number of carbonyl (C=O) groups excluding carboxylic acids is 1. The van der Waals surface area contributed by atoms with Crippen molar-refractivity contribution in [3.05, 3.63) is 0 Å². The quantitative estimate of drug-likeness (QED) is 0.703. The molecule has 0 radical (unpaired) electrons. The van der Waals surface area contributed by atoms with Crippen LogP contribution in [0.4, 0.5) is 0 Å². The van der Waals surface area contributed by atoms with Crippen LogP contribution in [-0.4, -0.2) is 43.0 Å². The second-order valence-electron chi connectivity index (χ2n) is 4.99. The number of nitrogens with one attached hydrogen (secondary N) is 1. The number of nitrogens with zero attached hydrogens (tertiary/aromatic N) is 1. The first-order chi connectivity index (χ1) is 6.99. The van der Waals surface area contributed by atoms with Gasteiger partial charge in [0.25, 0.3) is 0 Å². The largest absolute Gasteiger partial charge is 0.352 e. The molecular weight excluding hydrogens is 190 g/mol. The van der Waals surface area contributed by atoms with E-state index in [1.165, 1.54) is 0 Å². The maximum atomic E-state index is 11.6. The number of carbonyl (C=O) groups is 1. The summed E-state index contributed by atoms with van der Waals surface area (Å²) in [5.74, 6) is 0.544. The Balaban J connectivity index is 2.34. The average Bonchev–Trinajstić information content (AvgIpc) is 2.08. The average molecular weight is 213 g/mol. The summed E-state index contributed by atoms with van der Waals surface area (Å²) in [6.45, 7) is 5.98. The van der Waals surface area contributed by atoms with E-state index in [1.807, 2.05) is 13.8 Å². The monoisotopic (exact) mass is 213 g/mol. The summed E-state index contributed by atoms with van der Waals surface area (Å²) in [6.07, 6.45) is 1.56. The Kier molecular flexibility index (Phi) is 4.54. The van der Waals surface area contributed by atoms with Gasteiger partial charge >= 0.3 is 0 Å². The highest BCUT2D eigenvalue weighted by Crippen LogP contribution is 2.08. The molecule has 4 heteroatoms. The van der Waals surface area contributed by atoms with Gasteiger partial charge in [-0.1, -0.05) is 13.8 Å². The molecule has 0 spiro atoms. The van der Waals surface area contributed by atoms with Crippen molar-refractivity contribution < 1.29 is 4.79 Å². The molecule has 0 aliphatic carbocycles. The fraction of sp³-hybridized carbons (Fsp3) is 0.909. The van der Waals surface area contributed by atoms with Gasteiger partial charge in [-0.15, -0.1) is 0 Å². The standard InChI is InChI=1S/C11H23N3O/c1-8(2)6-11(15)13-10-4-5-14(3)7-9(10)12/h8-10H,4-7,12H2,1-3H3,(H,13,15). The third-order valence-corrected chi connectivity index (χ3v) is 2.80. The number of amides is 1. The summed E-state index contributed by atoms with van der Waals surface area (Å²) in [6, 6.07) is 0.229. The molecule has 1 fully saturated rings. The van der Waals surface area contributed by atoms with E-state index in [0.717, 1.165) is 19.5 Å². The molecule has 2 atom stereocenters. The third kappa shape index (κ3) is 4.18. The van der Waals surface area contributed by atoms with E-state index in [1.54, 1.807) is 0 Å². The highest BCUT2D eigenvalue weighted by atomic mass is 16.1. The molecule has 0 aromatic carbocycles. The van der Waals surface area contributed by atoms with Crippen molar-refractivity contribution in [1.82, 2.24) is 10.2 Å². The fourth-order valence-corrected chi connectivity index (χ4v) is 1.97. The van der Waals surface area contributed by atoms with Crippen LogP contribution >= 0.6 is 0 Å². The molecular formula is C11H23N3O. The first kappa shape index (κ1) is 12.5. The van der Waals surface area contributed by atoms with Gasteiger partial charge in [-0.3, -0.25) is 4.79 Å². The number of piperidine rings is 1. The predicted octanol–water partition coefficient (Wildman–Crippen LogP) is 0.180. The van der Waals surface area contributed by atoms with Crippen molar-refractivity contribution in [3.63, 3.8) is 0 Å². The number of hydrogen-bond acceptors (Lipinski definition) is 3. The molecule has 0 saturated carbocycles. The molecule has 1 aliphatic rings. The zero-order valence-electron chi connectivity index (χ0n) is 9.99. The van der Waals surface area contributed by atoms with Crippen molar-refractivity contribution in [3.8, 4) is 0 Å². The zero-order chi connectivity index (χ0) is 11.4. The molecule has 0 aromatic heterocycles. The summed E-state index contributed by atoms with van der Waals surface area (Å²) in [4.78, 5) is 13.8. The van der Waals surface area contributed by atoms with Crippen LogP contribution in [0.2, 0.25) is 0 Å². The molecule has 1 rings (SSSR count). The highest BCUT2D eigenvalue weighted by Gasteiger charge is 2.25. The lowest BCUT2D eigenvalue weighted by molar-refractivity contribution is -0.122. The summed E-state index contributed by atoms with van der Waals surface area (Å²) in [5.41, 5.74) is 5.99. The minimum absolute atomic E-state index is 0.0693. The third-order valence-electron chi connectivity index (χ3n) is 2.80. The Morgan fingerprint density at radius 3 is 2.80 bits per heavy atom. The lowest BCUT2D eigenvalue weighted by atomic mass is 10.00. The van der Waals surface area contributed by atoms with E-state index < -0.39 is 0 Å². The second kappa shape index (κ2) is 5.47. The first-order valence-corrected chi connectivity index (χ1v) is 5.72. The number of likely N-dealkylation sites (N-methyl/N-ethyl adjacent to an activating group) is 1. The Hall–Kier alpha value is -0.610. The molecule has 15 heavy (non-hydrogen) atoms. The van der Waals surface area contributed by atoms with Gasteiger partial charge in [0.2, 0.25) is 5.91 Å². The van der Waals surface area contributed by atoms with Gasteiger partial charge in [0, 0.05) is 25.0 Å². The Bertz CT molecular complexity index is 218. The maximum Gasteiger partial charge on any atom is 0.220 e. The van der Waals surface area contributed by atoms with Crippen LogP contribution in [0.5, 0.6) is 0 Å². The van der Waals surface area contributed by atoms with Crippen LogP contribution in [0.1, 0.15) is 26.7 Å². The van der Waals surface area contributed by atoms with E-state index in [-0.39, 0.29) is 18.0 Å². The minimum atomic E-state index is 0.0693. The number of likely N-dealkylation sites (tertiary alicyclic amines) is 1. The van der Waals surface area contributed by atoms with E-state index in [4.69, 9.17) is 5.73 Å². The van der Waals surface area contributed by atoms with Crippen LogP contribution in [0.3, 0.4) is 0 Å². The fourth-order valence-electron chi connectivity index (χ4n) is 1.97. The molecule has 1 amide bonds. The van der Waals surface area contributed by atoms with Crippen LogP contribution < -0.4 is 11.1 Å². The lowest BCUT2D eigenvalue weighted by Crippen LogP contribution is -2.57. The van der Waals surface area contributed by atoms with Gasteiger partial charge in [-0.2, -0.15) is 0 Å². The van der Waals surface area contributed by atoms with Gasteiger partial charge < -0.3 is 16.0 Å². The van der Waals surface area contributed by atoms with Crippen molar-refractivity contribution in [1.29, 1.82) is 0 Å². The van der Waals surface area contributed by atoms with Crippen LogP contribution in [-0.2, 0) is 4.79 Å². The van der Waals surface area contributed by atoms with Crippen molar-refractivity contribution in [2.24, 2.45) is 11.7 Å². The topological polar surface area (TPSA) is 58.4 Å². The SMILES string of the molecule is CC(C)CC(=O)NC1CCN(C)CC1N. The second-order valence-corrected chi connectivity index (χ2v) is 4.99. The number of rotatable bonds is 3. The summed E-state index contributed by atoms with van der Waals surface area (Å²) >= 11 is 0. The van der Waals surface area contributed by atoms with Gasteiger partial charge in [0.15, 0.2) is 0 Å². The molecule has 1 heterocycles. The molecule has 2 unspecified atom stereocenters. The molecule has 0 aromatic rings. The highest BCUT2D eigenvalue weighted by molar-refractivity contribution is 5.76. The molecule has 1 aliphatic heterocycles. The van der Waals surface area contributed by atoms with E-state index in [2.05, 4.69) is 17.3 Å². The normalized spacial score (nSPS) is 28.1. The van der Waals surface area contributed by atoms with Crippen LogP contribution in [0.15, 0.2) is 0 Å². The summed E-state index contributed by atoms with van der Waals surface area (Å²) in [5, 5.41) is 3.03.